The summed E-state index contributed by atoms with van der Waals surface area (Å²) in [6.07, 6.45) is 0.684. The summed E-state index contributed by atoms with van der Waals surface area (Å²) in [5.41, 5.74) is 3.33. The standard InChI is InChI=1S/C20H24N2O4S/c1-14(2)15-4-7-18(8-5-15)27(24,25)21-17-6-9-19-16(12-17)10-11-22(19)20(23)13-26-3/h4-9,12,14,21H,10-11,13H2,1-3H3. The lowest BCUT2D eigenvalue weighted by molar-refractivity contribution is -0.122. The molecule has 3 rings (SSSR count). The Morgan fingerprint density at radius 2 is 1.89 bits per heavy atom. The van der Waals surface area contributed by atoms with E-state index in [1.54, 1.807) is 35.2 Å². The van der Waals surface area contributed by atoms with Gasteiger partial charge in [-0.3, -0.25) is 9.52 Å². The Kier molecular flexibility index (Phi) is 5.53. The van der Waals surface area contributed by atoms with Crippen molar-refractivity contribution < 1.29 is 17.9 Å². The third-order valence-corrected chi connectivity index (χ3v) is 6.05. The molecule has 1 heterocycles. The van der Waals surface area contributed by atoms with Crippen LogP contribution in [-0.4, -0.2) is 34.6 Å². The molecule has 0 aromatic heterocycles. The number of fused-ring (bicyclic) bond motifs is 1. The molecule has 0 saturated carbocycles. The van der Waals surface area contributed by atoms with Gasteiger partial charge in [-0.25, -0.2) is 8.42 Å². The number of methoxy groups -OCH3 is 1. The maximum Gasteiger partial charge on any atom is 0.261 e. The highest BCUT2D eigenvalue weighted by molar-refractivity contribution is 7.92. The molecule has 1 aliphatic heterocycles. The molecule has 0 unspecified atom stereocenters. The molecule has 0 bridgehead atoms. The number of rotatable bonds is 6. The SMILES string of the molecule is COCC(=O)N1CCc2cc(NS(=O)(=O)c3ccc(C(C)C)cc3)ccc21. The molecule has 0 fully saturated rings. The van der Waals surface area contributed by atoms with Gasteiger partial charge in [-0.15, -0.1) is 0 Å². The average molecular weight is 388 g/mol. The predicted molar refractivity (Wildman–Crippen MR) is 106 cm³/mol. The lowest BCUT2D eigenvalue weighted by atomic mass is 10.0. The molecule has 1 N–H and O–H groups in total. The van der Waals surface area contributed by atoms with E-state index in [-0.39, 0.29) is 17.4 Å². The number of hydrogen-bond acceptors (Lipinski definition) is 4. The maximum absolute atomic E-state index is 12.6. The van der Waals surface area contributed by atoms with Crippen molar-refractivity contribution in [2.45, 2.75) is 31.1 Å². The highest BCUT2D eigenvalue weighted by Crippen LogP contribution is 2.31. The predicted octanol–water partition coefficient (Wildman–Crippen LogP) is 3.15. The van der Waals surface area contributed by atoms with Crippen molar-refractivity contribution in [3.8, 4) is 0 Å². The van der Waals surface area contributed by atoms with Crippen LogP contribution in [0.3, 0.4) is 0 Å². The minimum absolute atomic E-state index is 0.0280. The van der Waals surface area contributed by atoms with Crippen LogP contribution in [0.15, 0.2) is 47.4 Å². The van der Waals surface area contributed by atoms with E-state index in [9.17, 15) is 13.2 Å². The van der Waals surface area contributed by atoms with Crippen molar-refractivity contribution in [2.75, 3.05) is 29.9 Å². The monoisotopic (exact) mass is 388 g/mol. The number of amides is 1. The molecule has 0 spiro atoms. The van der Waals surface area contributed by atoms with Crippen molar-refractivity contribution in [1.82, 2.24) is 0 Å². The fourth-order valence-electron chi connectivity index (χ4n) is 3.17. The topological polar surface area (TPSA) is 75.7 Å². The summed E-state index contributed by atoms with van der Waals surface area (Å²) in [6, 6.07) is 12.1. The molecule has 1 amide bonds. The zero-order chi connectivity index (χ0) is 19.6. The van der Waals surface area contributed by atoms with E-state index in [0.29, 0.717) is 24.6 Å². The molecular weight excluding hydrogens is 364 g/mol. The van der Waals surface area contributed by atoms with E-state index in [1.165, 1.54) is 7.11 Å². The van der Waals surface area contributed by atoms with Gasteiger partial charge in [0.25, 0.3) is 15.9 Å². The van der Waals surface area contributed by atoms with Crippen LogP contribution < -0.4 is 9.62 Å². The van der Waals surface area contributed by atoms with Crippen molar-refractivity contribution in [3.05, 3.63) is 53.6 Å². The number of nitrogens with zero attached hydrogens (tertiary/aromatic N) is 1. The molecule has 144 valence electrons. The molecule has 2 aromatic rings. The quantitative estimate of drug-likeness (QED) is 0.825. The minimum atomic E-state index is -3.66. The Labute approximate surface area is 160 Å². The highest BCUT2D eigenvalue weighted by Gasteiger charge is 2.25. The zero-order valence-corrected chi connectivity index (χ0v) is 16.5. The van der Waals surface area contributed by atoms with Gasteiger partial charge in [-0.05, 0) is 53.8 Å². The second-order valence-corrected chi connectivity index (χ2v) is 8.58. The van der Waals surface area contributed by atoms with E-state index in [0.717, 1.165) is 16.8 Å². The lowest BCUT2D eigenvalue weighted by Gasteiger charge is -2.17. The van der Waals surface area contributed by atoms with Gasteiger partial charge in [0.1, 0.15) is 6.61 Å². The van der Waals surface area contributed by atoms with Crippen LogP contribution in [0, 0.1) is 0 Å². The van der Waals surface area contributed by atoms with Gasteiger partial charge in [0, 0.05) is 25.0 Å². The number of anilines is 2. The summed E-state index contributed by atoms with van der Waals surface area (Å²) >= 11 is 0. The number of nitrogens with one attached hydrogen (secondary N) is 1. The number of ether oxygens (including phenoxy) is 1. The van der Waals surface area contributed by atoms with Crippen LogP contribution in [0.5, 0.6) is 0 Å². The summed E-state index contributed by atoms with van der Waals surface area (Å²) in [5, 5.41) is 0. The zero-order valence-electron chi connectivity index (χ0n) is 15.7. The van der Waals surface area contributed by atoms with Gasteiger partial charge in [-0.1, -0.05) is 26.0 Å². The molecule has 2 aromatic carbocycles. The summed E-state index contributed by atoms with van der Waals surface area (Å²) in [4.78, 5) is 14.0. The smallest absolute Gasteiger partial charge is 0.261 e. The van der Waals surface area contributed by atoms with Gasteiger partial charge in [0.05, 0.1) is 4.90 Å². The molecular formula is C20H24N2O4S. The Hall–Kier alpha value is -2.38. The fourth-order valence-corrected chi connectivity index (χ4v) is 4.22. The van der Waals surface area contributed by atoms with Gasteiger partial charge >= 0.3 is 0 Å². The minimum Gasteiger partial charge on any atom is -0.375 e. The summed E-state index contributed by atoms with van der Waals surface area (Å²) in [6.45, 7) is 4.73. The Morgan fingerprint density at radius 1 is 1.19 bits per heavy atom. The van der Waals surface area contributed by atoms with Crippen LogP contribution >= 0.6 is 0 Å². The Bertz CT molecular complexity index is 937. The molecule has 0 saturated heterocycles. The van der Waals surface area contributed by atoms with Gasteiger partial charge in [-0.2, -0.15) is 0 Å². The number of benzene rings is 2. The molecule has 0 atom stereocenters. The highest BCUT2D eigenvalue weighted by atomic mass is 32.2. The molecule has 0 aliphatic carbocycles. The Balaban J connectivity index is 1.79. The number of carbonyl (C=O) groups excluding carboxylic acids is 1. The maximum atomic E-state index is 12.6. The van der Waals surface area contributed by atoms with Crippen molar-refractivity contribution in [2.24, 2.45) is 0 Å². The summed E-state index contributed by atoms with van der Waals surface area (Å²) in [7, 11) is -2.18. The molecule has 27 heavy (non-hydrogen) atoms. The van der Waals surface area contributed by atoms with E-state index >= 15 is 0 Å². The van der Waals surface area contributed by atoms with E-state index < -0.39 is 10.0 Å². The summed E-state index contributed by atoms with van der Waals surface area (Å²) < 4.78 is 32.8. The summed E-state index contributed by atoms with van der Waals surface area (Å²) in [5.74, 6) is 0.241. The average Bonchev–Trinajstić information content (AvgIpc) is 3.05. The first-order valence-corrected chi connectivity index (χ1v) is 10.3. The van der Waals surface area contributed by atoms with E-state index in [4.69, 9.17) is 4.74 Å². The Morgan fingerprint density at radius 3 is 2.52 bits per heavy atom. The van der Waals surface area contributed by atoms with Crippen LogP contribution in [0.2, 0.25) is 0 Å². The third-order valence-electron chi connectivity index (χ3n) is 4.65. The van der Waals surface area contributed by atoms with Gasteiger partial charge < -0.3 is 9.64 Å². The second kappa shape index (κ2) is 7.70. The third kappa shape index (κ3) is 4.14. The van der Waals surface area contributed by atoms with E-state index in [2.05, 4.69) is 18.6 Å². The van der Waals surface area contributed by atoms with Crippen LogP contribution in [-0.2, 0) is 26.0 Å². The van der Waals surface area contributed by atoms with Gasteiger partial charge in [0.2, 0.25) is 0 Å². The van der Waals surface area contributed by atoms with Crippen LogP contribution in [0.25, 0.3) is 0 Å². The lowest BCUT2D eigenvalue weighted by Crippen LogP contribution is -2.31. The molecule has 1 aliphatic rings. The number of hydrogen-bond donors (Lipinski definition) is 1. The normalized spacial score (nSPS) is 13.7. The molecule has 6 nitrogen and oxygen atoms in total. The second-order valence-electron chi connectivity index (χ2n) is 6.90. The first-order chi connectivity index (χ1) is 12.8. The van der Waals surface area contributed by atoms with Crippen LogP contribution in [0.1, 0.15) is 30.9 Å². The first-order valence-electron chi connectivity index (χ1n) is 8.87. The fraction of sp³-hybridized carbons (Fsp3) is 0.350. The van der Waals surface area contributed by atoms with E-state index in [1.807, 2.05) is 12.1 Å². The number of carbonyl (C=O) groups is 1. The molecule has 0 radical (unpaired) electrons. The molecule has 7 heteroatoms. The van der Waals surface area contributed by atoms with Crippen LogP contribution in [0.4, 0.5) is 11.4 Å². The first kappa shape index (κ1) is 19.4. The van der Waals surface area contributed by atoms with Crippen molar-refractivity contribution in [1.29, 1.82) is 0 Å². The largest absolute Gasteiger partial charge is 0.375 e. The van der Waals surface area contributed by atoms with Crippen molar-refractivity contribution in [3.63, 3.8) is 0 Å². The van der Waals surface area contributed by atoms with Crippen molar-refractivity contribution >= 4 is 27.3 Å². The van der Waals surface area contributed by atoms with Gasteiger partial charge in [0.15, 0.2) is 0 Å². The number of sulfonamides is 1.